The molecule has 27 heavy (non-hydrogen) atoms. The van der Waals surface area contributed by atoms with Crippen molar-refractivity contribution in [1.82, 2.24) is 0 Å². The lowest BCUT2D eigenvalue weighted by molar-refractivity contribution is -0.122. The first-order chi connectivity index (χ1) is 12.9. The van der Waals surface area contributed by atoms with Crippen LogP contribution < -0.4 is 15.4 Å². The van der Waals surface area contributed by atoms with Crippen molar-refractivity contribution in [3.05, 3.63) is 52.5 Å². The molecule has 1 aliphatic rings. The van der Waals surface area contributed by atoms with Gasteiger partial charge in [-0.25, -0.2) is 0 Å². The average molecular weight is 387 g/mol. The summed E-state index contributed by atoms with van der Waals surface area (Å²) in [6.45, 7) is 3.94. The maximum absolute atomic E-state index is 12.5. The molecule has 0 aliphatic heterocycles. The van der Waals surface area contributed by atoms with Gasteiger partial charge in [0.1, 0.15) is 5.75 Å². The van der Waals surface area contributed by atoms with Crippen LogP contribution in [0.1, 0.15) is 24.5 Å². The molecule has 142 valence electrons. The van der Waals surface area contributed by atoms with Gasteiger partial charge in [-0.15, -0.1) is 0 Å². The summed E-state index contributed by atoms with van der Waals surface area (Å²) in [5.41, 5.74) is 3.36. The monoisotopic (exact) mass is 386 g/mol. The first-order valence-electron chi connectivity index (χ1n) is 8.97. The van der Waals surface area contributed by atoms with Crippen LogP contribution >= 0.6 is 11.6 Å². The quantitative estimate of drug-likeness (QED) is 0.771. The van der Waals surface area contributed by atoms with E-state index in [2.05, 4.69) is 17.6 Å². The van der Waals surface area contributed by atoms with Crippen molar-refractivity contribution in [2.24, 2.45) is 11.8 Å². The van der Waals surface area contributed by atoms with E-state index in [1.165, 1.54) is 12.7 Å². The molecule has 2 unspecified atom stereocenters. The van der Waals surface area contributed by atoms with Crippen LogP contribution in [0.4, 0.5) is 11.4 Å². The van der Waals surface area contributed by atoms with Crippen molar-refractivity contribution < 1.29 is 14.3 Å². The molecule has 0 radical (unpaired) electrons. The minimum absolute atomic E-state index is 0.126. The van der Waals surface area contributed by atoms with Gasteiger partial charge in [0, 0.05) is 16.8 Å². The number of rotatable bonds is 6. The highest BCUT2D eigenvalue weighted by molar-refractivity contribution is 6.31. The van der Waals surface area contributed by atoms with Crippen LogP contribution in [0.2, 0.25) is 5.02 Å². The van der Waals surface area contributed by atoms with Gasteiger partial charge >= 0.3 is 0 Å². The van der Waals surface area contributed by atoms with Crippen LogP contribution in [0, 0.1) is 18.8 Å². The van der Waals surface area contributed by atoms with E-state index in [1.54, 1.807) is 12.1 Å². The fourth-order valence-electron chi connectivity index (χ4n) is 2.99. The van der Waals surface area contributed by atoms with Crippen LogP contribution in [0.15, 0.2) is 36.4 Å². The minimum Gasteiger partial charge on any atom is -0.495 e. The molecule has 0 saturated heterocycles. The summed E-state index contributed by atoms with van der Waals surface area (Å²) in [6, 6.07) is 11.2. The number of carbonyl (C=O) groups is 2. The van der Waals surface area contributed by atoms with Crippen molar-refractivity contribution in [3.8, 4) is 5.75 Å². The van der Waals surface area contributed by atoms with Crippen molar-refractivity contribution >= 4 is 34.8 Å². The fourth-order valence-corrected chi connectivity index (χ4v) is 3.14. The predicted octanol–water partition coefficient (Wildman–Crippen LogP) is 4.43. The zero-order chi connectivity index (χ0) is 19.6. The van der Waals surface area contributed by atoms with Gasteiger partial charge in [0.2, 0.25) is 11.8 Å². The number of hydrogen-bond acceptors (Lipinski definition) is 3. The van der Waals surface area contributed by atoms with Crippen LogP contribution in [0.25, 0.3) is 0 Å². The number of hydrogen-bond donors (Lipinski definition) is 2. The first kappa shape index (κ1) is 19.2. The summed E-state index contributed by atoms with van der Waals surface area (Å²) < 4.78 is 5.28. The normalized spacial score (nSPS) is 17.9. The molecule has 2 amide bonds. The maximum Gasteiger partial charge on any atom is 0.228 e. The first-order valence-corrected chi connectivity index (χ1v) is 9.35. The van der Waals surface area contributed by atoms with Crippen LogP contribution in [-0.4, -0.2) is 18.9 Å². The molecule has 0 spiro atoms. The van der Waals surface area contributed by atoms with Gasteiger partial charge in [-0.2, -0.15) is 0 Å². The maximum atomic E-state index is 12.5. The van der Waals surface area contributed by atoms with Gasteiger partial charge in [0.25, 0.3) is 0 Å². The van der Waals surface area contributed by atoms with Gasteiger partial charge in [-0.1, -0.05) is 30.7 Å². The molecule has 0 bridgehead atoms. The Morgan fingerprint density at radius 3 is 2.33 bits per heavy atom. The SMILES string of the molecule is CCc1ccc(NC(=O)C2CC2C(=O)Nc2cc(C)c(Cl)cc2OC)cc1. The second-order valence-electron chi connectivity index (χ2n) is 6.78. The molecule has 6 heteroatoms. The standard InChI is InChI=1S/C21H23ClN2O3/c1-4-13-5-7-14(8-6-13)23-20(25)15-10-16(15)21(26)24-18-9-12(2)17(22)11-19(18)27-3/h5-9,11,15-16H,4,10H2,1-3H3,(H,23,25)(H,24,26). The molecule has 1 aliphatic carbocycles. The Morgan fingerprint density at radius 2 is 1.74 bits per heavy atom. The molecule has 1 fully saturated rings. The Balaban J connectivity index is 1.60. The van der Waals surface area contributed by atoms with Crippen LogP contribution in [0.5, 0.6) is 5.75 Å². The van der Waals surface area contributed by atoms with Crippen LogP contribution in [0.3, 0.4) is 0 Å². The van der Waals surface area contributed by atoms with E-state index in [9.17, 15) is 9.59 Å². The van der Waals surface area contributed by atoms with E-state index in [4.69, 9.17) is 16.3 Å². The molecular formula is C21H23ClN2O3. The Kier molecular flexibility index (Phi) is 5.71. The van der Waals surface area contributed by atoms with Crippen molar-refractivity contribution in [2.45, 2.75) is 26.7 Å². The molecule has 5 nitrogen and oxygen atoms in total. The number of halogens is 1. The summed E-state index contributed by atoms with van der Waals surface area (Å²) in [6.07, 6.45) is 1.49. The lowest BCUT2D eigenvalue weighted by Gasteiger charge is -2.12. The predicted molar refractivity (Wildman–Crippen MR) is 107 cm³/mol. The van der Waals surface area contributed by atoms with Crippen molar-refractivity contribution in [1.29, 1.82) is 0 Å². The lowest BCUT2D eigenvalue weighted by Crippen LogP contribution is -2.20. The summed E-state index contributed by atoms with van der Waals surface area (Å²) >= 11 is 6.09. The van der Waals surface area contributed by atoms with E-state index >= 15 is 0 Å². The largest absolute Gasteiger partial charge is 0.495 e. The van der Waals surface area contributed by atoms with Gasteiger partial charge in [0.15, 0.2) is 0 Å². The number of benzene rings is 2. The van der Waals surface area contributed by atoms with E-state index in [0.29, 0.717) is 22.9 Å². The Labute approximate surface area is 164 Å². The molecular weight excluding hydrogens is 364 g/mol. The van der Waals surface area contributed by atoms with Crippen molar-refractivity contribution in [3.63, 3.8) is 0 Å². The summed E-state index contributed by atoms with van der Waals surface area (Å²) in [4.78, 5) is 24.9. The van der Waals surface area contributed by atoms with E-state index in [1.807, 2.05) is 31.2 Å². The third-order valence-electron chi connectivity index (χ3n) is 4.83. The molecule has 3 rings (SSSR count). The zero-order valence-electron chi connectivity index (χ0n) is 15.6. The second-order valence-corrected chi connectivity index (χ2v) is 7.19. The smallest absolute Gasteiger partial charge is 0.228 e. The minimum atomic E-state index is -0.333. The molecule has 2 aromatic rings. The molecule has 0 heterocycles. The van der Waals surface area contributed by atoms with Gasteiger partial charge in [0.05, 0.1) is 24.6 Å². The second kappa shape index (κ2) is 8.01. The van der Waals surface area contributed by atoms with E-state index in [-0.39, 0.29) is 23.7 Å². The molecule has 2 N–H and O–H groups in total. The number of carbonyl (C=O) groups excluding carboxylic acids is 2. The number of aryl methyl sites for hydroxylation is 2. The highest BCUT2D eigenvalue weighted by atomic mass is 35.5. The zero-order valence-corrected chi connectivity index (χ0v) is 16.4. The van der Waals surface area contributed by atoms with Gasteiger partial charge < -0.3 is 15.4 Å². The van der Waals surface area contributed by atoms with Gasteiger partial charge in [-0.05, 0) is 49.1 Å². The molecule has 2 aromatic carbocycles. The Morgan fingerprint density at radius 1 is 1.11 bits per heavy atom. The fraction of sp³-hybridized carbons (Fsp3) is 0.333. The lowest BCUT2D eigenvalue weighted by atomic mass is 10.1. The highest BCUT2D eigenvalue weighted by Crippen LogP contribution is 2.41. The topological polar surface area (TPSA) is 67.4 Å². The third kappa shape index (κ3) is 4.42. The summed E-state index contributed by atoms with van der Waals surface area (Å²) in [5, 5.41) is 6.31. The van der Waals surface area contributed by atoms with Crippen molar-refractivity contribution in [2.75, 3.05) is 17.7 Å². The van der Waals surface area contributed by atoms with Crippen LogP contribution in [-0.2, 0) is 16.0 Å². The summed E-state index contributed by atoms with van der Waals surface area (Å²) in [5.74, 6) is -0.456. The number of nitrogens with one attached hydrogen (secondary N) is 2. The average Bonchev–Trinajstić information content (AvgIpc) is 3.46. The molecule has 2 atom stereocenters. The number of ether oxygens (including phenoxy) is 1. The number of methoxy groups -OCH3 is 1. The number of amides is 2. The Bertz CT molecular complexity index is 864. The van der Waals surface area contributed by atoms with E-state index < -0.39 is 0 Å². The van der Waals surface area contributed by atoms with E-state index in [0.717, 1.165) is 17.7 Å². The molecule has 1 saturated carbocycles. The third-order valence-corrected chi connectivity index (χ3v) is 5.24. The highest BCUT2D eigenvalue weighted by Gasteiger charge is 2.48. The van der Waals surface area contributed by atoms with Gasteiger partial charge in [-0.3, -0.25) is 9.59 Å². The molecule has 0 aromatic heterocycles. The Hall–Kier alpha value is -2.53. The number of anilines is 2. The summed E-state index contributed by atoms with van der Waals surface area (Å²) in [7, 11) is 1.52.